The van der Waals surface area contributed by atoms with E-state index in [4.69, 9.17) is 9.63 Å². The van der Waals surface area contributed by atoms with Crippen LogP contribution in [0.25, 0.3) is 11.4 Å². The highest BCUT2D eigenvalue weighted by atomic mass is 19.4. The Morgan fingerprint density at radius 3 is 2.61 bits per heavy atom. The van der Waals surface area contributed by atoms with Gasteiger partial charge in [-0.2, -0.15) is 18.2 Å². The smallest absolute Gasteiger partial charge is 0.396 e. The molecule has 8 heteroatoms. The molecule has 1 N–H and O–H groups in total. The van der Waals surface area contributed by atoms with Crippen molar-refractivity contribution < 1.29 is 22.8 Å². The number of alkyl halides is 3. The van der Waals surface area contributed by atoms with Crippen LogP contribution >= 0.6 is 0 Å². The molecule has 1 fully saturated rings. The summed E-state index contributed by atoms with van der Waals surface area (Å²) in [6.45, 7) is 2.26. The highest BCUT2D eigenvalue weighted by molar-refractivity contribution is 5.54. The van der Waals surface area contributed by atoms with E-state index < -0.39 is 11.7 Å². The number of hydrogen-bond acceptors (Lipinski definition) is 5. The molecule has 5 nitrogen and oxygen atoms in total. The number of aromatic nitrogens is 2. The molecule has 1 saturated heterocycles. The first-order valence-electron chi connectivity index (χ1n) is 7.29. The van der Waals surface area contributed by atoms with Gasteiger partial charge in [0.25, 0.3) is 0 Å². The molecule has 0 radical (unpaired) electrons. The average molecular weight is 327 g/mol. The van der Waals surface area contributed by atoms with Crippen LogP contribution in [0.3, 0.4) is 0 Å². The Kier molecular flexibility index (Phi) is 4.36. The Morgan fingerprint density at radius 1 is 1.26 bits per heavy atom. The van der Waals surface area contributed by atoms with Crippen molar-refractivity contribution in [2.24, 2.45) is 5.92 Å². The molecule has 3 rings (SSSR count). The molecule has 1 aromatic carbocycles. The van der Waals surface area contributed by atoms with Crippen LogP contribution in [0.15, 0.2) is 28.8 Å². The predicted octanol–water partition coefficient (Wildman–Crippen LogP) is 2.57. The maximum atomic E-state index is 12.5. The number of aliphatic hydroxyl groups excluding tert-OH is 1. The van der Waals surface area contributed by atoms with Crippen LogP contribution in [0.5, 0.6) is 0 Å². The van der Waals surface area contributed by atoms with E-state index in [-0.39, 0.29) is 18.3 Å². The molecule has 1 aromatic heterocycles. The molecule has 23 heavy (non-hydrogen) atoms. The molecule has 2 heterocycles. The fourth-order valence-corrected chi connectivity index (χ4v) is 2.64. The van der Waals surface area contributed by atoms with Gasteiger partial charge in [0.05, 0.1) is 12.1 Å². The number of aliphatic hydroxyl groups is 1. The zero-order valence-corrected chi connectivity index (χ0v) is 12.3. The van der Waals surface area contributed by atoms with Gasteiger partial charge in [-0.15, -0.1) is 0 Å². The molecule has 0 amide bonds. The van der Waals surface area contributed by atoms with Crippen LogP contribution in [0.2, 0.25) is 0 Å². The third kappa shape index (κ3) is 3.70. The minimum atomic E-state index is -4.36. The number of hydrogen-bond donors (Lipinski definition) is 1. The van der Waals surface area contributed by atoms with E-state index in [9.17, 15) is 13.2 Å². The number of nitrogens with zero attached hydrogens (tertiary/aromatic N) is 3. The van der Waals surface area contributed by atoms with E-state index in [2.05, 4.69) is 15.0 Å². The summed E-state index contributed by atoms with van der Waals surface area (Å²) in [5.41, 5.74) is -0.236. The van der Waals surface area contributed by atoms with Crippen LogP contribution in [0.4, 0.5) is 13.2 Å². The van der Waals surface area contributed by atoms with Gasteiger partial charge in [-0.3, -0.25) is 4.90 Å². The summed E-state index contributed by atoms with van der Waals surface area (Å²) in [5, 5.41) is 12.9. The van der Waals surface area contributed by atoms with Gasteiger partial charge in [0, 0.05) is 18.7 Å². The van der Waals surface area contributed by atoms with Crippen LogP contribution in [-0.2, 0) is 12.7 Å². The topological polar surface area (TPSA) is 62.4 Å². The van der Waals surface area contributed by atoms with Crippen LogP contribution < -0.4 is 0 Å². The fourth-order valence-electron chi connectivity index (χ4n) is 2.64. The largest absolute Gasteiger partial charge is 0.416 e. The van der Waals surface area contributed by atoms with Crippen molar-refractivity contribution >= 4 is 0 Å². The van der Waals surface area contributed by atoms with E-state index >= 15 is 0 Å². The lowest BCUT2D eigenvalue weighted by atomic mass is 10.1. The molecule has 0 saturated carbocycles. The molecule has 0 aliphatic carbocycles. The quantitative estimate of drug-likeness (QED) is 0.935. The molecule has 1 aliphatic rings. The van der Waals surface area contributed by atoms with E-state index in [0.29, 0.717) is 18.0 Å². The third-order valence-corrected chi connectivity index (χ3v) is 3.93. The lowest BCUT2D eigenvalue weighted by Gasteiger charge is -2.11. The Labute approximate surface area is 130 Å². The summed E-state index contributed by atoms with van der Waals surface area (Å²) < 4.78 is 42.8. The minimum Gasteiger partial charge on any atom is -0.396 e. The maximum absolute atomic E-state index is 12.5. The molecule has 0 bridgehead atoms. The second-order valence-corrected chi connectivity index (χ2v) is 5.66. The molecular formula is C15H16F3N3O2. The molecule has 1 aliphatic heterocycles. The second-order valence-electron chi connectivity index (χ2n) is 5.66. The number of benzene rings is 1. The molecule has 0 spiro atoms. The first kappa shape index (κ1) is 15.9. The average Bonchev–Trinajstić information content (AvgIpc) is 3.16. The fraction of sp³-hybridized carbons (Fsp3) is 0.467. The van der Waals surface area contributed by atoms with Gasteiger partial charge in [-0.05, 0) is 31.0 Å². The lowest BCUT2D eigenvalue weighted by molar-refractivity contribution is -0.137. The van der Waals surface area contributed by atoms with Crippen LogP contribution in [-0.4, -0.2) is 39.8 Å². The van der Waals surface area contributed by atoms with Gasteiger partial charge in [0.15, 0.2) is 0 Å². The molecule has 2 aromatic rings. The highest BCUT2D eigenvalue weighted by Crippen LogP contribution is 2.30. The number of halogens is 3. The summed E-state index contributed by atoms with van der Waals surface area (Å²) in [6, 6.07) is 4.65. The van der Waals surface area contributed by atoms with Gasteiger partial charge in [-0.1, -0.05) is 17.3 Å². The number of rotatable bonds is 4. The Balaban J connectivity index is 1.67. The second kappa shape index (κ2) is 6.29. The first-order valence-corrected chi connectivity index (χ1v) is 7.29. The lowest BCUT2D eigenvalue weighted by Crippen LogP contribution is -2.21. The van der Waals surface area contributed by atoms with Crippen molar-refractivity contribution in [2.75, 3.05) is 19.7 Å². The Bertz CT molecular complexity index is 655. The van der Waals surface area contributed by atoms with Crippen LogP contribution in [0, 0.1) is 5.92 Å². The summed E-state index contributed by atoms with van der Waals surface area (Å²) >= 11 is 0. The first-order chi connectivity index (χ1) is 11.0. The van der Waals surface area contributed by atoms with Crippen molar-refractivity contribution in [3.63, 3.8) is 0 Å². The van der Waals surface area contributed by atoms with Crippen molar-refractivity contribution in [1.82, 2.24) is 15.0 Å². The zero-order chi connectivity index (χ0) is 16.4. The van der Waals surface area contributed by atoms with Gasteiger partial charge in [0.2, 0.25) is 11.7 Å². The van der Waals surface area contributed by atoms with Crippen molar-refractivity contribution in [2.45, 2.75) is 19.1 Å². The molecule has 1 unspecified atom stereocenters. The summed E-state index contributed by atoms with van der Waals surface area (Å²) in [5.74, 6) is 0.956. The molecule has 1 atom stereocenters. The van der Waals surface area contributed by atoms with Gasteiger partial charge >= 0.3 is 6.18 Å². The van der Waals surface area contributed by atoms with E-state index in [1.165, 1.54) is 12.1 Å². The van der Waals surface area contributed by atoms with E-state index in [1.807, 2.05) is 0 Å². The highest BCUT2D eigenvalue weighted by Gasteiger charge is 2.30. The van der Waals surface area contributed by atoms with E-state index in [1.54, 1.807) is 0 Å². The monoisotopic (exact) mass is 327 g/mol. The molecule has 124 valence electrons. The zero-order valence-electron chi connectivity index (χ0n) is 12.3. The van der Waals surface area contributed by atoms with Crippen molar-refractivity contribution in [3.8, 4) is 11.4 Å². The van der Waals surface area contributed by atoms with Crippen LogP contribution in [0.1, 0.15) is 17.9 Å². The van der Waals surface area contributed by atoms with Crippen molar-refractivity contribution in [1.29, 1.82) is 0 Å². The predicted molar refractivity (Wildman–Crippen MR) is 75.2 cm³/mol. The normalized spacial score (nSPS) is 19.4. The Morgan fingerprint density at radius 2 is 2.00 bits per heavy atom. The number of likely N-dealkylation sites (tertiary alicyclic amines) is 1. The van der Waals surface area contributed by atoms with Crippen molar-refractivity contribution in [3.05, 3.63) is 35.7 Å². The maximum Gasteiger partial charge on any atom is 0.416 e. The summed E-state index contributed by atoms with van der Waals surface area (Å²) in [7, 11) is 0. The summed E-state index contributed by atoms with van der Waals surface area (Å²) in [6.07, 6.45) is -3.43. The van der Waals surface area contributed by atoms with E-state index in [0.717, 1.165) is 31.6 Å². The summed E-state index contributed by atoms with van der Waals surface area (Å²) in [4.78, 5) is 6.33. The van der Waals surface area contributed by atoms with Gasteiger partial charge in [0.1, 0.15) is 0 Å². The van der Waals surface area contributed by atoms with Gasteiger partial charge < -0.3 is 9.63 Å². The van der Waals surface area contributed by atoms with Gasteiger partial charge in [-0.25, -0.2) is 0 Å². The Hall–Kier alpha value is -1.93. The SMILES string of the molecule is OCC1CCN(Cc2nc(-c3ccc(C(F)(F)F)cc3)no2)C1. The standard InChI is InChI=1S/C15H16F3N3O2/c16-15(17,18)12-3-1-11(2-4-12)14-19-13(23-20-14)8-21-6-5-10(7-21)9-22/h1-4,10,22H,5-9H2. The minimum absolute atomic E-state index is 0.164. The third-order valence-electron chi connectivity index (χ3n) is 3.93. The molecular weight excluding hydrogens is 311 g/mol.